The quantitative estimate of drug-likeness (QED) is 0.878. The summed E-state index contributed by atoms with van der Waals surface area (Å²) in [6.45, 7) is 8.74. The van der Waals surface area contributed by atoms with Crippen molar-refractivity contribution in [3.05, 3.63) is 23.8 Å². The zero-order valence-corrected chi connectivity index (χ0v) is 11.1. The van der Waals surface area contributed by atoms with Gasteiger partial charge in [-0.25, -0.2) is 4.98 Å². The summed E-state index contributed by atoms with van der Waals surface area (Å²) in [7, 11) is 0. The topological polar surface area (TPSA) is 43.8 Å². The van der Waals surface area contributed by atoms with Gasteiger partial charge in [0.2, 0.25) is 5.95 Å². The second kappa shape index (κ2) is 4.40. The fraction of sp³-hybridized carbons (Fsp3) is 0.500. The molecular weight excluding hydrogens is 210 g/mol. The Morgan fingerprint density at radius 3 is 2.65 bits per heavy atom. The Kier molecular flexibility index (Phi) is 3.09. The molecule has 0 aliphatic carbocycles. The molecule has 2 aromatic rings. The van der Waals surface area contributed by atoms with Gasteiger partial charge in [-0.05, 0) is 30.9 Å². The Balaban J connectivity index is 2.68. The second-order valence-electron chi connectivity index (χ2n) is 5.00. The van der Waals surface area contributed by atoms with Crippen molar-refractivity contribution in [1.29, 1.82) is 0 Å². The normalized spacial score (nSPS) is 13.5. The van der Waals surface area contributed by atoms with Gasteiger partial charge >= 0.3 is 0 Å². The van der Waals surface area contributed by atoms with Gasteiger partial charge in [0.05, 0.1) is 11.0 Å². The van der Waals surface area contributed by atoms with E-state index in [9.17, 15) is 0 Å². The molecule has 3 nitrogen and oxygen atoms in total. The van der Waals surface area contributed by atoms with Crippen molar-refractivity contribution < 1.29 is 0 Å². The predicted octanol–water partition coefficient (Wildman–Crippen LogP) is 3.53. The summed E-state index contributed by atoms with van der Waals surface area (Å²) in [5, 5.41) is 0. The monoisotopic (exact) mass is 231 g/mol. The highest BCUT2D eigenvalue weighted by Crippen LogP contribution is 2.30. The fourth-order valence-electron chi connectivity index (χ4n) is 2.58. The number of nitrogens with two attached hydrogens (primary N) is 1. The molecule has 0 saturated carbocycles. The van der Waals surface area contributed by atoms with Crippen molar-refractivity contribution in [1.82, 2.24) is 9.55 Å². The number of aryl methyl sites for hydroxylation is 1. The van der Waals surface area contributed by atoms with Crippen LogP contribution < -0.4 is 5.73 Å². The van der Waals surface area contributed by atoms with Gasteiger partial charge in [-0.3, -0.25) is 0 Å². The van der Waals surface area contributed by atoms with E-state index >= 15 is 0 Å². The molecule has 92 valence electrons. The number of nitrogens with zero attached hydrogens (tertiary/aromatic N) is 2. The lowest BCUT2D eigenvalue weighted by Crippen LogP contribution is -2.16. The van der Waals surface area contributed by atoms with Crippen molar-refractivity contribution in [2.24, 2.45) is 5.92 Å². The fourth-order valence-corrected chi connectivity index (χ4v) is 2.58. The van der Waals surface area contributed by atoms with E-state index in [4.69, 9.17) is 5.73 Å². The first-order valence-corrected chi connectivity index (χ1v) is 6.29. The van der Waals surface area contributed by atoms with Crippen LogP contribution in [-0.4, -0.2) is 9.55 Å². The lowest BCUT2D eigenvalue weighted by atomic mass is 10.0. The Bertz CT molecular complexity index is 525. The average Bonchev–Trinajstić information content (AvgIpc) is 2.59. The van der Waals surface area contributed by atoms with Crippen LogP contribution in [0.4, 0.5) is 5.95 Å². The third-order valence-electron chi connectivity index (χ3n) is 3.47. The van der Waals surface area contributed by atoms with E-state index in [1.165, 1.54) is 5.56 Å². The molecule has 1 aromatic heterocycles. The number of aromatic nitrogens is 2. The van der Waals surface area contributed by atoms with Crippen molar-refractivity contribution in [2.75, 3.05) is 5.73 Å². The Hall–Kier alpha value is -1.51. The maximum atomic E-state index is 6.09. The van der Waals surface area contributed by atoms with E-state index in [-0.39, 0.29) is 0 Å². The lowest BCUT2D eigenvalue weighted by Gasteiger charge is -2.22. The highest BCUT2D eigenvalue weighted by Gasteiger charge is 2.19. The molecule has 17 heavy (non-hydrogen) atoms. The van der Waals surface area contributed by atoms with E-state index in [2.05, 4.69) is 55.4 Å². The predicted molar refractivity (Wildman–Crippen MR) is 73.0 cm³/mol. The minimum absolute atomic E-state index is 0.418. The van der Waals surface area contributed by atoms with Gasteiger partial charge in [0, 0.05) is 6.04 Å². The van der Waals surface area contributed by atoms with E-state index in [0.29, 0.717) is 17.9 Å². The molecule has 1 aromatic carbocycles. The molecule has 3 heteroatoms. The van der Waals surface area contributed by atoms with Crippen LogP contribution in [0.25, 0.3) is 11.0 Å². The molecule has 2 rings (SSSR count). The number of rotatable bonds is 3. The number of benzene rings is 1. The Morgan fingerprint density at radius 2 is 2.06 bits per heavy atom. The van der Waals surface area contributed by atoms with Crippen LogP contribution in [0.15, 0.2) is 18.2 Å². The maximum absolute atomic E-state index is 6.09. The van der Waals surface area contributed by atoms with Gasteiger partial charge in [0.15, 0.2) is 0 Å². The molecule has 0 aliphatic rings. The largest absolute Gasteiger partial charge is 0.369 e. The summed E-state index contributed by atoms with van der Waals surface area (Å²) in [5.74, 6) is 1.19. The Labute approximate surface area is 103 Å². The van der Waals surface area contributed by atoms with Gasteiger partial charge in [-0.2, -0.15) is 0 Å². The number of anilines is 1. The summed E-state index contributed by atoms with van der Waals surface area (Å²) >= 11 is 0. The zero-order chi connectivity index (χ0) is 12.6. The number of para-hydroxylation sites is 1. The van der Waals surface area contributed by atoms with Gasteiger partial charge < -0.3 is 10.3 Å². The van der Waals surface area contributed by atoms with Crippen LogP contribution in [0.5, 0.6) is 0 Å². The molecule has 1 atom stereocenters. The first-order valence-electron chi connectivity index (χ1n) is 6.29. The molecule has 0 bridgehead atoms. The van der Waals surface area contributed by atoms with Gasteiger partial charge in [0.25, 0.3) is 0 Å². The summed E-state index contributed by atoms with van der Waals surface area (Å²) < 4.78 is 2.19. The molecule has 2 N–H and O–H groups in total. The molecule has 1 unspecified atom stereocenters. The van der Waals surface area contributed by atoms with Crippen LogP contribution in [-0.2, 0) is 0 Å². The van der Waals surface area contributed by atoms with Crippen LogP contribution in [0.1, 0.15) is 38.8 Å². The number of hydrogen-bond donors (Lipinski definition) is 1. The standard InChI is InChI=1S/C14H21N3/c1-5-11(9(2)3)17-12-8-6-7-10(4)13(12)16-14(17)15/h6-9,11H,5H2,1-4H3,(H2,15,16). The van der Waals surface area contributed by atoms with E-state index in [1.54, 1.807) is 0 Å². The van der Waals surface area contributed by atoms with Crippen molar-refractivity contribution in [3.63, 3.8) is 0 Å². The summed E-state index contributed by atoms with van der Waals surface area (Å²) in [6.07, 6.45) is 1.07. The first-order chi connectivity index (χ1) is 8.06. The minimum atomic E-state index is 0.418. The highest BCUT2D eigenvalue weighted by atomic mass is 15.2. The van der Waals surface area contributed by atoms with Crippen LogP contribution in [0.2, 0.25) is 0 Å². The van der Waals surface area contributed by atoms with E-state index in [0.717, 1.165) is 17.5 Å². The maximum Gasteiger partial charge on any atom is 0.201 e. The number of imidazole rings is 1. The first kappa shape index (κ1) is 12.0. The van der Waals surface area contributed by atoms with Crippen molar-refractivity contribution in [2.45, 2.75) is 40.2 Å². The van der Waals surface area contributed by atoms with Gasteiger partial charge in [-0.1, -0.05) is 32.9 Å². The van der Waals surface area contributed by atoms with Gasteiger partial charge in [-0.15, -0.1) is 0 Å². The van der Waals surface area contributed by atoms with Crippen LogP contribution in [0, 0.1) is 12.8 Å². The van der Waals surface area contributed by atoms with E-state index < -0.39 is 0 Å². The molecule has 0 amide bonds. The average molecular weight is 231 g/mol. The van der Waals surface area contributed by atoms with Gasteiger partial charge in [0.1, 0.15) is 0 Å². The summed E-state index contributed by atoms with van der Waals surface area (Å²) in [4.78, 5) is 4.50. The molecule has 0 radical (unpaired) electrons. The Morgan fingerprint density at radius 1 is 1.35 bits per heavy atom. The number of nitrogen functional groups attached to an aromatic ring is 1. The second-order valence-corrected chi connectivity index (χ2v) is 5.00. The summed E-state index contributed by atoms with van der Waals surface area (Å²) in [6, 6.07) is 6.68. The molecular formula is C14H21N3. The smallest absolute Gasteiger partial charge is 0.201 e. The minimum Gasteiger partial charge on any atom is -0.369 e. The van der Waals surface area contributed by atoms with E-state index in [1.807, 2.05) is 0 Å². The summed E-state index contributed by atoms with van der Waals surface area (Å²) in [5.41, 5.74) is 9.46. The van der Waals surface area contributed by atoms with Crippen LogP contribution >= 0.6 is 0 Å². The molecule has 0 aliphatic heterocycles. The number of fused-ring (bicyclic) bond motifs is 1. The molecule has 0 saturated heterocycles. The molecule has 0 spiro atoms. The lowest BCUT2D eigenvalue weighted by molar-refractivity contribution is 0.377. The van der Waals surface area contributed by atoms with Crippen molar-refractivity contribution in [3.8, 4) is 0 Å². The van der Waals surface area contributed by atoms with Crippen molar-refractivity contribution >= 4 is 17.0 Å². The zero-order valence-electron chi connectivity index (χ0n) is 11.1. The third-order valence-corrected chi connectivity index (χ3v) is 3.47. The molecule has 1 heterocycles. The van der Waals surface area contributed by atoms with Crippen LogP contribution in [0.3, 0.4) is 0 Å². The third kappa shape index (κ3) is 1.90. The number of hydrogen-bond acceptors (Lipinski definition) is 2. The highest BCUT2D eigenvalue weighted by molar-refractivity contribution is 5.81. The SMILES string of the molecule is CCC(C(C)C)n1c(N)nc2c(C)cccc21. The molecule has 0 fully saturated rings.